The highest BCUT2D eigenvalue weighted by Crippen LogP contribution is 2.37. The van der Waals surface area contributed by atoms with Gasteiger partial charge in [0.1, 0.15) is 17.5 Å². The molecule has 33 heavy (non-hydrogen) atoms. The van der Waals surface area contributed by atoms with E-state index in [0.29, 0.717) is 11.8 Å². The quantitative estimate of drug-likeness (QED) is 0.150. The van der Waals surface area contributed by atoms with Gasteiger partial charge in [0.25, 0.3) is 0 Å². The predicted octanol–water partition coefficient (Wildman–Crippen LogP) is 7.77. The van der Waals surface area contributed by atoms with Crippen LogP contribution in [0.15, 0.2) is 60.1 Å². The Balaban J connectivity index is 1.52. The van der Waals surface area contributed by atoms with Crippen molar-refractivity contribution in [3.63, 3.8) is 0 Å². The third-order valence-electron chi connectivity index (χ3n) is 5.37. The van der Waals surface area contributed by atoms with E-state index in [9.17, 15) is 4.79 Å². The number of hydrogen-bond donors (Lipinski definition) is 0. The average molecular weight is 494 g/mol. The third-order valence-corrected chi connectivity index (χ3v) is 6.69. The summed E-state index contributed by atoms with van der Waals surface area (Å²) in [7, 11) is 0. The summed E-state index contributed by atoms with van der Waals surface area (Å²) in [5, 5.41) is 3.43. The van der Waals surface area contributed by atoms with Crippen LogP contribution >= 0.6 is 34.5 Å². The van der Waals surface area contributed by atoms with Crippen LogP contribution in [0.5, 0.6) is 5.75 Å². The number of aromatic nitrogens is 1. The van der Waals surface area contributed by atoms with Gasteiger partial charge in [-0.05, 0) is 83.4 Å². The topological polar surface area (TPSA) is 39.2 Å². The molecule has 0 radical (unpaired) electrons. The Kier molecular flexibility index (Phi) is 7.35. The van der Waals surface area contributed by atoms with Gasteiger partial charge < -0.3 is 4.74 Å². The van der Waals surface area contributed by atoms with Crippen molar-refractivity contribution in [2.75, 3.05) is 0 Å². The van der Waals surface area contributed by atoms with Gasteiger partial charge in [-0.25, -0.2) is 4.98 Å². The molecular weight excluding hydrogens is 473 g/mol. The zero-order chi connectivity index (χ0) is 23.4. The van der Waals surface area contributed by atoms with E-state index in [1.807, 2.05) is 37.3 Å². The minimum Gasteiger partial charge on any atom is -0.489 e. The lowest BCUT2D eigenvalue weighted by molar-refractivity contribution is -0.111. The fourth-order valence-electron chi connectivity index (χ4n) is 3.71. The van der Waals surface area contributed by atoms with Crippen molar-refractivity contribution in [1.29, 1.82) is 0 Å². The molecule has 4 aromatic rings. The van der Waals surface area contributed by atoms with E-state index in [4.69, 9.17) is 27.9 Å². The van der Waals surface area contributed by atoms with Crippen LogP contribution in [-0.2, 0) is 11.4 Å². The van der Waals surface area contributed by atoms with Crippen LogP contribution in [0.4, 0.5) is 0 Å². The Hall–Kier alpha value is -2.84. The van der Waals surface area contributed by atoms with Crippen LogP contribution in [0.1, 0.15) is 36.0 Å². The summed E-state index contributed by atoms with van der Waals surface area (Å²) in [4.78, 5) is 15.5. The molecular formula is C27H21Cl2NO2S. The van der Waals surface area contributed by atoms with E-state index in [-0.39, 0.29) is 12.3 Å². The Morgan fingerprint density at radius 3 is 2.67 bits per heavy atom. The highest BCUT2D eigenvalue weighted by Gasteiger charge is 2.13. The van der Waals surface area contributed by atoms with Gasteiger partial charge in [-0.15, -0.1) is 17.3 Å². The first-order valence-electron chi connectivity index (χ1n) is 10.4. The Bertz CT molecular complexity index is 1370. The van der Waals surface area contributed by atoms with E-state index in [0.717, 1.165) is 33.6 Å². The number of benzene rings is 2. The fourth-order valence-corrected chi connectivity index (χ4v) is 4.97. The van der Waals surface area contributed by atoms with E-state index in [1.165, 1.54) is 10.1 Å². The summed E-state index contributed by atoms with van der Waals surface area (Å²) in [6.45, 7) is 4.24. The van der Waals surface area contributed by atoms with Crippen LogP contribution in [0.25, 0.3) is 21.2 Å². The number of pyridine rings is 1. The lowest BCUT2D eigenvalue weighted by atomic mass is 9.97. The first-order chi connectivity index (χ1) is 15.9. The van der Waals surface area contributed by atoms with E-state index >= 15 is 0 Å². The fraction of sp³-hybridized carbons (Fsp3) is 0.185. The van der Waals surface area contributed by atoms with Crippen molar-refractivity contribution >= 4 is 49.9 Å². The van der Waals surface area contributed by atoms with Gasteiger partial charge in [-0.3, -0.25) is 4.79 Å². The van der Waals surface area contributed by atoms with Gasteiger partial charge in [-0.2, -0.15) is 0 Å². The summed E-state index contributed by atoms with van der Waals surface area (Å²) < 4.78 is 7.24. The highest BCUT2D eigenvalue weighted by molar-refractivity contribution is 7.17. The zero-order valence-corrected chi connectivity index (χ0v) is 20.5. The number of carbonyl (C=O) groups is 1. The molecule has 166 valence electrons. The molecule has 3 nitrogen and oxygen atoms in total. The number of fused-ring (bicyclic) bond motifs is 1. The Labute approximate surface area is 207 Å². The summed E-state index contributed by atoms with van der Waals surface area (Å²) >= 11 is 13.4. The average Bonchev–Trinajstić information content (AvgIpc) is 3.22. The molecule has 2 aromatic carbocycles. The first kappa shape index (κ1) is 23.3. The molecule has 0 unspecified atom stereocenters. The maximum Gasteiger partial charge on any atom is 0.223 e. The van der Waals surface area contributed by atoms with Crippen LogP contribution < -0.4 is 4.74 Å². The zero-order valence-electron chi connectivity index (χ0n) is 18.2. The number of halogens is 2. The second-order valence-corrected chi connectivity index (χ2v) is 9.39. The molecule has 6 heteroatoms. The van der Waals surface area contributed by atoms with Crippen LogP contribution in [0, 0.1) is 18.8 Å². The predicted molar refractivity (Wildman–Crippen MR) is 137 cm³/mol. The molecule has 0 saturated heterocycles. The van der Waals surface area contributed by atoms with Crippen molar-refractivity contribution in [2.45, 2.75) is 32.8 Å². The monoisotopic (exact) mass is 493 g/mol. The minimum absolute atomic E-state index is 0.188. The SMILES string of the molecule is CC#C[C@@H](CC(=O)Cl)c1ccc(OCc2ccc3scc(-c4cc(Cl)ncc4C)c3c2)cc1. The number of nitrogens with zero attached hydrogens (tertiary/aromatic N) is 1. The molecule has 2 aromatic heterocycles. The molecule has 0 saturated carbocycles. The van der Waals surface area contributed by atoms with Crippen molar-refractivity contribution in [3.8, 4) is 28.7 Å². The first-order valence-corrected chi connectivity index (χ1v) is 12.0. The van der Waals surface area contributed by atoms with Gasteiger partial charge in [0.15, 0.2) is 0 Å². The highest BCUT2D eigenvalue weighted by atomic mass is 35.5. The lowest BCUT2D eigenvalue weighted by Crippen LogP contribution is -2.01. The number of thiophene rings is 1. The minimum atomic E-state index is -0.393. The van der Waals surface area contributed by atoms with Gasteiger partial charge >= 0.3 is 0 Å². The number of hydrogen-bond acceptors (Lipinski definition) is 4. The van der Waals surface area contributed by atoms with E-state index in [1.54, 1.807) is 24.5 Å². The summed E-state index contributed by atoms with van der Waals surface area (Å²) in [5.41, 5.74) is 5.35. The second kappa shape index (κ2) is 10.4. The normalized spacial score (nSPS) is 11.6. The second-order valence-electron chi connectivity index (χ2n) is 7.67. The van der Waals surface area contributed by atoms with Crippen LogP contribution in [0.3, 0.4) is 0 Å². The van der Waals surface area contributed by atoms with Crippen molar-refractivity contribution in [2.24, 2.45) is 0 Å². The van der Waals surface area contributed by atoms with Gasteiger partial charge in [0, 0.05) is 28.3 Å². The van der Waals surface area contributed by atoms with Crippen molar-refractivity contribution < 1.29 is 9.53 Å². The molecule has 0 N–H and O–H groups in total. The molecule has 0 spiro atoms. The van der Waals surface area contributed by atoms with Crippen molar-refractivity contribution in [3.05, 3.63) is 82.0 Å². The molecule has 1 atom stereocenters. The molecule has 2 heterocycles. The van der Waals surface area contributed by atoms with Gasteiger partial charge in [0.05, 0.1) is 5.92 Å². The molecule has 0 aliphatic heterocycles. The third kappa shape index (κ3) is 5.57. The number of ether oxygens (including phenoxy) is 1. The van der Waals surface area contributed by atoms with E-state index < -0.39 is 5.24 Å². The molecule has 0 aliphatic carbocycles. The summed E-state index contributed by atoms with van der Waals surface area (Å²) in [5.74, 6) is 6.45. The van der Waals surface area contributed by atoms with Gasteiger partial charge in [-0.1, -0.05) is 35.7 Å². The molecule has 0 aliphatic rings. The van der Waals surface area contributed by atoms with E-state index in [2.05, 4.69) is 40.4 Å². The van der Waals surface area contributed by atoms with Crippen molar-refractivity contribution in [1.82, 2.24) is 4.98 Å². The molecule has 0 amide bonds. The molecule has 0 fully saturated rings. The number of carbonyl (C=O) groups excluding carboxylic acids is 1. The number of aryl methyl sites for hydroxylation is 1. The van der Waals surface area contributed by atoms with Crippen LogP contribution in [-0.4, -0.2) is 10.2 Å². The largest absolute Gasteiger partial charge is 0.489 e. The summed E-state index contributed by atoms with van der Waals surface area (Å²) in [6, 6.07) is 16.0. The maximum absolute atomic E-state index is 11.3. The Morgan fingerprint density at radius 2 is 1.94 bits per heavy atom. The number of rotatable bonds is 7. The Morgan fingerprint density at radius 1 is 1.15 bits per heavy atom. The van der Waals surface area contributed by atoms with Crippen LogP contribution in [0.2, 0.25) is 5.15 Å². The smallest absolute Gasteiger partial charge is 0.223 e. The maximum atomic E-state index is 11.3. The summed E-state index contributed by atoms with van der Waals surface area (Å²) in [6.07, 6.45) is 1.99. The van der Waals surface area contributed by atoms with Gasteiger partial charge in [0.2, 0.25) is 5.24 Å². The molecule has 0 bridgehead atoms. The lowest BCUT2D eigenvalue weighted by Gasteiger charge is -2.11. The standard InChI is InChI=1S/C27H21Cl2NO2S/c1-3-4-20(12-27(29)31)19-6-8-21(9-7-19)32-15-18-5-10-25-23(11-18)24(16-33-25)22-13-26(28)30-14-17(22)2/h5-11,13-14,16,20H,12,15H2,1-2H3/t20-/m0/s1. The molecule has 4 rings (SSSR count).